The number of hydrogen-bond donors (Lipinski definition) is 0. The van der Waals surface area contributed by atoms with E-state index >= 15 is 0 Å². The molecule has 106 valence electrons. The van der Waals surface area contributed by atoms with E-state index in [1.807, 2.05) is 0 Å². The Morgan fingerprint density at radius 2 is 1.59 bits per heavy atom. The molecule has 0 aliphatic carbocycles. The highest BCUT2D eigenvalue weighted by Gasteiger charge is 2.33. The van der Waals surface area contributed by atoms with Crippen LogP contribution in [0.4, 0.5) is 10.7 Å². The van der Waals surface area contributed by atoms with Gasteiger partial charge < -0.3 is 4.90 Å². The van der Waals surface area contributed by atoms with Crippen molar-refractivity contribution >= 4 is 27.9 Å². The van der Waals surface area contributed by atoms with Gasteiger partial charge in [-0.2, -0.15) is 5.10 Å². The fraction of sp³-hybridized carbons (Fsp3) is 0.0556. The lowest BCUT2D eigenvalue weighted by atomic mass is 9.93. The molecule has 2 aliphatic rings. The molecular formula is C18H13N3S. The Morgan fingerprint density at radius 1 is 0.818 bits per heavy atom. The zero-order chi connectivity index (χ0) is 14.5. The second-order valence-electron chi connectivity index (χ2n) is 5.41. The summed E-state index contributed by atoms with van der Waals surface area (Å²) < 4.78 is 0. The van der Waals surface area contributed by atoms with Crippen LogP contribution in [0.3, 0.4) is 0 Å². The normalized spacial score (nSPS) is 15.2. The molecule has 3 aromatic rings. The van der Waals surface area contributed by atoms with Crippen LogP contribution in [0, 0.1) is 0 Å². The number of para-hydroxylation sites is 1. The maximum Gasteiger partial charge on any atom is 0.163 e. The summed E-state index contributed by atoms with van der Waals surface area (Å²) in [5.41, 5.74) is 4.99. The van der Waals surface area contributed by atoms with Crippen LogP contribution >= 0.6 is 11.3 Å². The molecule has 2 aliphatic heterocycles. The zero-order valence-electron chi connectivity index (χ0n) is 11.8. The molecule has 0 atom stereocenters. The first kappa shape index (κ1) is 12.0. The van der Waals surface area contributed by atoms with E-state index < -0.39 is 0 Å². The van der Waals surface area contributed by atoms with Crippen molar-refractivity contribution in [2.24, 2.45) is 5.10 Å². The highest BCUT2D eigenvalue weighted by atomic mass is 32.1. The topological polar surface area (TPSA) is 18.8 Å². The SMILES string of the molecule is c1csc(N2CN3C(=N2)c2ccccc2-c2ccccc23)c1. The molecule has 0 fully saturated rings. The Kier molecular flexibility index (Phi) is 2.43. The second-order valence-corrected chi connectivity index (χ2v) is 6.33. The fourth-order valence-electron chi connectivity index (χ4n) is 3.18. The van der Waals surface area contributed by atoms with Crippen molar-refractivity contribution < 1.29 is 0 Å². The van der Waals surface area contributed by atoms with Gasteiger partial charge in [-0.1, -0.05) is 42.5 Å². The molecule has 4 heteroatoms. The lowest BCUT2D eigenvalue weighted by Crippen LogP contribution is -2.34. The Bertz CT molecular complexity index is 883. The number of benzene rings is 2. The minimum atomic E-state index is 0.765. The highest BCUT2D eigenvalue weighted by molar-refractivity contribution is 7.14. The van der Waals surface area contributed by atoms with Crippen molar-refractivity contribution in [2.45, 2.75) is 0 Å². The lowest BCUT2D eigenvalue weighted by Gasteiger charge is -2.29. The third-order valence-electron chi connectivity index (χ3n) is 4.16. The predicted octanol–water partition coefficient (Wildman–Crippen LogP) is 4.37. The number of amidine groups is 1. The molecule has 1 aromatic heterocycles. The van der Waals surface area contributed by atoms with Crippen molar-refractivity contribution in [1.82, 2.24) is 0 Å². The van der Waals surface area contributed by atoms with Gasteiger partial charge in [-0.3, -0.25) is 0 Å². The summed E-state index contributed by atoms with van der Waals surface area (Å²) in [5, 5.41) is 10.2. The number of hydrogen-bond acceptors (Lipinski definition) is 4. The molecule has 0 saturated heterocycles. The van der Waals surface area contributed by atoms with E-state index in [2.05, 4.69) is 76.0 Å². The number of nitrogens with zero attached hydrogens (tertiary/aromatic N) is 3. The van der Waals surface area contributed by atoms with Crippen LogP contribution in [0.2, 0.25) is 0 Å². The number of anilines is 2. The minimum Gasteiger partial charge on any atom is -0.304 e. The van der Waals surface area contributed by atoms with E-state index in [9.17, 15) is 0 Å². The standard InChI is InChI=1S/C18H13N3S/c1-2-8-15-13(6-1)14-7-3-4-9-16(14)20-12-21(19-18(15)20)17-10-5-11-22-17/h1-11H,12H2. The van der Waals surface area contributed by atoms with E-state index in [0.29, 0.717) is 0 Å². The molecule has 22 heavy (non-hydrogen) atoms. The molecule has 3 heterocycles. The van der Waals surface area contributed by atoms with Crippen LogP contribution in [-0.2, 0) is 0 Å². The largest absolute Gasteiger partial charge is 0.304 e. The fourth-order valence-corrected chi connectivity index (χ4v) is 3.85. The van der Waals surface area contributed by atoms with Gasteiger partial charge in [0, 0.05) is 11.1 Å². The minimum absolute atomic E-state index is 0.765. The van der Waals surface area contributed by atoms with Crippen molar-refractivity contribution in [3.05, 3.63) is 71.6 Å². The summed E-state index contributed by atoms with van der Waals surface area (Å²) in [6.45, 7) is 0.765. The summed E-state index contributed by atoms with van der Waals surface area (Å²) in [5.74, 6) is 1.04. The number of rotatable bonds is 1. The number of fused-ring (bicyclic) bond motifs is 6. The van der Waals surface area contributed by atoms with Gasteiger partial charge in [0.05, 0.1) is 5.69 Å². The van der Waals surface area contributed by atoms with Crippen LogP contribution in [-0.4, -0.2) is 12.5 Å². The van der Waals surface area contributed by atoms with E-state index in [1.54, 1.807) is 11.3 Å². The number of hydrazone groups is 1. The number of thiophene rings is 1. The van der Waals surface area contributed by atoms with Crippen molar-refractivity contribution in [3.8, 4) is 11.1 Å². The van der Waals surface area contributed by atoms with Crippen LogP contribution in [0.5, 0.6) is 0 Å². The van der Waals surface area contributed by atoms with E-state index in [1.165, 1.54) is 27.4 Å². The molecule has 3 nitrogen and oxygen atoms in total. The molecule has 2 aromatic carbocycles. The molecule has 0 amide bonds. The average Bonchev–Trinajstić information content (AvgIpc) is 3.24. The monoisotopic (exact) mass is 303 g/mol. The first-order valence-corrected chi connectivity index (χ1v) is 8.16. The maximum absolute atomic E-state index is 4.88. The van der Waals surface area contributed by atoms with Gasteiger partial charge in [0.15, 0.2) is 5.84 Å². The Balaban J connectivity index is 1.73. The van der Waals surface area contributed by atoms with Crippen LogP contribution in [0.1, 0.15) is 5.56 Å². The Morgan fingerprint density at radius 3 is 2.41 bits per heavy atom. The van der Waals surface area contributed by atoms with E-state index in [0.717, 1.165) is 12.5 Å². The summed E-state index contributed by atoms with van der Waals surface area (Å²) >= 11 is 1.72. The van der Waals surface area contributed by atoms with Crippen molar-refractivity contribution in [3.63, 3.8) is 0 Å². The van der Waals surface area contributed by atoms with E-state index in [4.69, 9.17) is 5.10 Å². The summed E-state index contributed by atoms with van der Waals surface area (Å²) in [6, 6.07) is 21.3. The van der Waals surface area contributed by atoms with E-state index in [-0.39, 0.29) is 0 Å². The van der Waals surface area contributed by atoms with Crippen LogP contribution in [0.15, 0.2) is 71.1 Å². The lowest BCUT2D eigenvalue weighted by molar-refractivity contribution is 0.923. The van der Waals surface area contributed by atoms with Gasteiger partial charge in [-0.15, -0.1) is 11.3 Å². The zero-order valence-corrected chi connectivity index (χ0v) is 12.6. The van der Waals surface area contributed by atoms with Gasteiger partial charge in [0.25, 0.3) is 0 Å². The van der Waals surface area contributed by atoms with Crippen LogP contribution < -0.4 is 9.91 Å². The van der Waals surface area contributed by atoms with Gasteiger partial charge in [0.2, 0.25) is 0 Å². The molecule has 5 rings (SSSR count). The molecule has 0 N–H and O–H groups in total. The molecule has 0 unspecified atom stereocenters. The Hall–Kier alpha value is -2.59. The molecule has 0 radical (unpaired) electrons. The molecule has 0 bridgehead atoms. The molecule has 0 saturated carbocycles. The van der Waals surface area contributed by atoms with Gasteiger partial charge in [-0.25, -0.2) is 5.01 Å². The Labute approximate surface area is 132 Å². The smallest absolute Gasteiger partial charge is 0.163 e. The maximum atomic E-state index is 4.88. The quantitative estimate of drug-likeness (QED) is 0.664. The first-order chi connectivity index (χ1) is 10.9. The summed E-state index contributed by atoms with van der Waals surface area (Å²) in [4.78, 5) is 2.30. The average molecular weight is 303 g/mol. The highest BCUT2D eigenvalue weighted by Crippen LogP contribution is 2.41. The first-order valence-electron chi connectivity index (χ1n) is 7.28. The molecule has 0 spiro atoms. The predicted molar refractivity (Wildman–Crippen MR) is 92.6 cm³/mol. The summed E-state index contributed by atoms with van der Waals surface area (Å²) in [6.07, 6.45) is 0. The third kappa shape index (κ3) is 1.58. The molecular weight excluding hydrogens is 290 g/mol. The third-order valence-corrected chi connectivity index (χ3v) is 5.04. The van der Waals surface area contributed by atoms with Gasteiger partial charge >= 0.3 is 0 Å². The van der Waals surface area contributed by atoms with Gasteiger partial charge in [0.1, 0.15) is 11.7 Å². The second kappa shape index (κ2) is 4.45. The summed E-state index contributed by atoms with van der Waals surface area (Å²) in [7, 11) is 0. The van der Waals surface area contributed by atoms with Crippen molar-refractivity contribution in [1.29, 1.82) is 0 Å². The van der Waals surface area contributed by atoms with Crippen molar-refractivity contribution in [2.75, 3.05) is 16.6 Å². The van der Waals surface area contributed by atoms with Gasteiger partial charge in [-0.05, 0) is 29.1 Å². The van der Waals surface area contributed by atoms with Crippen LogP contribution in [0.25, 0.3) is 11.1 Å².